The molecule has 4 heteroatoms. The molecule has 2 aromatic rings. The minimum Gasteiger partial charge on any atom is -0.264 e. The molecule has 2 aromatic heterocycles. The van der Waals surface area contributed by atoms with Crippen LogP contribution in [0.2, 0.25) is 0 Å². The molecule has 0 spiro atoms. The van der Waals surface area contributed by atoms with E-state index in [0.717, 1.165) is 22.8 Å². The van der Waals surface area contributed by atoms with Gasteiger partial charge in [0, 0.05) is 23.7 Å². The highest BCUT2D eigenvalue weighted by Gasteiger charge is 2.03. The van der Waals surface area contributed by atoms with Crippen molar-refractivity contribution in [3.8, 4) is 11.3 Å². The number of hydrogen-bond donors (Lipinski definition) is 1. The lowest BCUT2D eigenvalue weighted by Gasteiger charge is -2.03. The number of thiol groups is 1. The van der Waals surface area contributed by atoms with Crippen molar-refractivity contribution in [1.82, 2.24) is 15.0 Å². The molecule has 0 N–H and O–H groups in total. The molecule has 0 aliphatic rings. The zero-order chi connectivity index (χ0) is 10.7. The van der Waals surface area contributed by atoms with Crippen LogP contribution in [-0.2, 0) is 5.75 Å². The van der Waals surface area contributed by atoms with Gasteiger partial charge >= 0.3 is 0 Å². The molecule has 0 bridgehead atoms. The number of aromatic nitrogens is 3. The van der Waals surface area contributed by atoms with Crippen LogP contribution in [0.5, 0.6) is 0 Å². The van der Waals surface area contributed by atoms with E-state index < -0.39 is 0 Å². The number of pyridine rings is 1. The first-order chi connectivity index (χ1) is 7.29. The molecule has 0 amide bonds. The van der Waals surface area contributed by atoms with Crippen LogP contribution < -0.4 is 0 Å². The molecule has 0 saturated carbocycles. The van der Waals surface area contributed by atoms with E-state index in [1.165, 1.54) is 0 Å². The summed E-state index contributed by atoms with van der Waals surface area (Å²) in [5, 5.41) is 0. The van der Waals surface area contributed by atoms with E-state index in [1.807, 2.05) is 25.1 Å². The molecule has 76 valence electrons. The fraction of sp³-hybridized carbons (Fsp3) is 0.182. The highest BCUT2D eigenvalue weighted by atomic mass is 32.1. The average Bonchev–Trinajstić information content (AvgIpc) is 2.29. The van der Waals surface area contributed by atoms with Crippen LogP contribution in [0.3, 0.4) is 0 Å². The average molecular weight is 217 g/mol. The minimum absolute atomic E-state index is 0.551. The summed E-state index contributed by atoms with van der Waals surface area (Å²) in [6, 6.07) is 5.83. The number of nitrogens with zero attached hydrogens (tertiary/aromatic N) is 3. The predicted molar refractivity (Wildman–Crippen MR) is 62.7 cm³/mol. The van der Waals surface area contributed by atoms with Crippen LogP contribution in [0, 0.1) is 6.92 Å². The summed E-state index contributed by atoms with van der Waals surface area (Å²) in [6.45, 7) is 1.95. The van der Waals surface area contributed by atoms with Gasteiger partial charge in [-0.25, -0.2) is 9.97 Å². The fourth-order valence-electron chi connectivity index (χ4n) is 1.36. The van der Waals surface area contributed by atoms with Crippen molar-refractivity contribution in [1.29, 1.82) is 0 Å². The Morgan fingerprint density at radius 2 is 2.20 bits per heavy atom. The quantitative estimate of drug-likeness (QED) is 0.784. The lowest BCUT2D eigenvalue weighted by molar-refractivity contribution is 1.00. The Morgan fingerprint density at radius 1 is 1.33 bits per heavy atom. The normalized spacial score (nSPS) is 10.3. The maximum absolute atomic E-state index is 4.39. The minimum atomic E-state index is 0.551. The van der Waals surface area contributed by atoms with Gasteiger partial charge in [-0.15, -0.1) is 0 Å². The third-order valence-corrected chi connectivity index (χ3v) is 2.28. The summed E-state index contributed by atoms with van der Waals surface area (Å²) in [6.07, 6.45) is 3.54. The lowest BCUT2D eigenvalue weighted by Crippen LogP contribution is -1.96. The molecular weight excluding hydrogens is 206 g/mol. The zero-order valence-electron chi connectivity index (χ0n) is 8.38. The van der Waals surface area contributed by atoms with Crippen molar-refractivity contribution in [3.63, 3.8) is 0 Å². The Hall–Kier alpha value is -1.42. The molecule has 0 aromatic carbocycles. The van der Waals surface area contributed by atoms with E-state index in [0.29, 0.717) is 5.75 Å². The highest BCUT2D eigenvalue weighted by Crippen LogP contribution is 2.16. The van der Waals surface area contributed by atoms with E-state index in [-0.39, 0.29) is 0 Å². The van der Waals surface area contributed by atoms with E-state index in [1.54, 1.807) is 12.4 Å². The molecule has 0 atom stereocenters. The Labute approximate surface area is 94.0 Å². The van der Waals surface area contributed by atoms with Crippen LogP contribution >= 0.6 is 12.6 Å². The Bertz CT molecular complexity index is 457. The fourth-order valence-corrected chi connectivity index (χ4v) is 1.50. The van der Waals surface area contributed by atoms with Gasteiger partial charge < -0.3 is 0 Å². The molecule has 0 radical (unpaired) electrons. The SMILES string of the molecule is Cc1cc(-c2cccnc2)nc(CS)n1. The second kappa shape index (κ2) is 4.40. The standard InChI is InChI=1S/C11H11N3S/c1-8-5-10(14-11(7-15)13-8)9-3-2-4-12-6-9/h2-6,15H,7H2,1H3. The van der Waals surface area contributed by atoms with Gasteiger partial charge in [-0.2, -0.15) is 12.6 Å². The first kappa shape index (κ1) is 10.1. The van der Waals surface area contributed by atoms with Crippen LogP contribution in [0.1, 0.15) is 11.5 Å². The summed E-state index contributed by atoms with van der Waals surface area (Å²) >= 11 is 4.18. The first-order valence-corrected chi connectivity index (χ1v) is 5.28. The monoisotopic (exact) mass is 217 g/mol. The predicted octanol–water partition coefficient (Wildman–Crippen LogP) is 2.28. The Morgan fingerprint density at radius 3 is 2.87 bits per heavy atom. The van der Waals surface area contributed by atoms with Gasteiger partial charge in [0.1, 0.15) is 5.82 Å². The van der Waals surface area contributed by atoms with Crippen LogP contribution in [0.25, 0.3) is 11.3 Å². The number of rotatable bonds is 2. The molecular formula is C11H11N3S. The van der Waals surface area contributed by atoms with Crippen LogP contribution in [0.4, 0.5) is 0 Å². The smallest absolute Gasteiger partial charge is 0.138 e. The molecule has 2 rings (SSSR count). The zero-order valence-corrected chi connectivity index (χ0v) is 9.28. The second-order valence-corrected chi connectivity index (χ2v) is 3.53. The van der Waals surface area contributed by atoms with Crippen molar-refractivity contribution < 1.29 is 0 Å². The highest BCUT2D eigenvalue weighted by molar-refractivity contribution is 7.79. The van der Waals surface area contributed by atoms with Gasteiger partial charge in [0.2, 0.25) is 0 Å². The Kier molecular flexibility index (Phi) is 2.97. The third kappa shape index (κ3) is 2.33. The molecule has 0 aliphatic heterocycles. The molecule has 0 unspecified atom stereocenters. The lowest BCUT2D eigenvalue weighted by atomic mass is 10.2. The topological polar surface area (TPSA) is 38.7 Å². The molecule has 0 aliphatic carbocycles. The van der Waals surface area contributed by atoms with E-state index in [2.05, 4.69) is 27.6 Å². The van der Waals surface area contributed by atoms with Crippen LogP contribution in [0.15, 0.2) is 30.6 Å². The first-order valence-electron chi connectivity index (χ1n) is 4.65. The molecule has 3 nitrogen and oxygen atoms in total. The Balaban J connectivity index is 2.49. The summed E-state index contributed by atoms with van der Waals surface area (Å²) in [5.41, 5.74) is 2.86. The second-order valence-electron chi connectivity index (χ2n) is 3.21. The van der Waals surface area contributed by atoms with Gasteiger partial charge in [0.25, 0.3) is 0 Å². The maximum Gasteiger partial charge on any atom is 0.138 e. The van der Waals surface area contributed by atoms with Gasteiger partial charge in [-0.05, 0) is 25.1 Å². The third-order valence-electron chi connectivity index (χ3n) is 2.00. The summed E-state index contributed by atoms with van der Waals surface area (Å²) in [4.78, 5) is 12.7. The molecule has 2 heterocycles. The van der Waals surface area contributed by atoms with Gasteiger partial charge in [-0.1, -0.05) is 0 Å². The molecule has 0 saturated heterocycles. The van der Waals surface area contributed by atoms with Gasteiger partial charge in [0.15, 0.2) is 0 Å². The summed E-state index contributed by atoms with van der Waals surface area (Å²) < 4.78 is 0. The largest absolute Gasteiger partial charge is 0.264 e. The van der Waals surface area contributed by atoms with E-state index in [4.69, 9.17) is 0 Å². The van der Waals surface area contributed by atoms with Crippen molar-refractivity contribution >= 4 is 12.6 Å². The molecule has 0 fully saturated rings. The van der Waals surface area contributed by atoms with Crippen LogP contribution in [-0.4, -0.2) is 15.0 Å². The number of aryl methyl sites for hydroxylation is 1. The van der Waals surface area contributed by atoms with Crippen molar-refractivity contribution in [2.24, 2.45) is 0 Å². The molecule has 15 heavy (non-hydrogen) atoms. The van der Waals surface area contributed by atoms with Gasteiger partial charge in [-0.3, -0.25) is 4.98 Å². The number of hydrogen-bond acceptors (Lipinski definition) is 4. The van der Waals surface area contributed by atoms with Crippen molar-refractivity contribution in [2.75, 3.05) is 0 Å². The van der Waals surface area contributed by atoms with Crippen molar-refractivity contribution in [2.45, 2.75) is 12.7 Å². The van der Waals surface area contributed by atoms with E-state index >= 15 is 0 Å². The maximum atomic E-state index is 4.39. The van der Waals surface area contributed by atoms with Crippen molar-refractivity contribution in [3.05, 3.63) is 42.1 Å². The van der Waals surface area contributed by atoms with Gasteiger partial charge in [0.05, 0.1) is 11.4 Å². The summed E-state index contributed by atoms with van der Waals surface area (Å²) in [5.74, 6) is 1.30. The summed E-state index contributed by atoms with van der Waals surface area (Å²) in [7, 11) is 0. The van der Waals surface area contributed by atoms with E-state index in [9.17, 15) is 0 Å².